The van der Waals surface area contributed by atoms with Gasteiger partial charge in [0.1, 0.15) is 6.29 Å². The number of piperidine rings is 2. The van der Waals surface area contributed by atoms with Gasteiger partial charge in [-0.15, -0.1) is 0 Å². The van der Waals surface area contributed by atoms with Gasteiger partial charge in [0, 0.05) is 148 Å². The van der Waals surface area contributed by atoms with Gasteiger partial charge in [0.25, 0.3) is 11.8 Å². The van der Waals surface area contributed by atoms with Crippen molar-refractivity contribution in [3.8, 4) is 0 Å². The Labute approximate surface area is 420 Å². The molecule has 2 aliphatic rings. The van der Waals surface area contributed by atoms with E-state index < -0.39 is 23.9 Å². The van der Waals surface area contributed by atoms with Crippen LogP contribution < -0.4 is 26.0 Å². The lowest BCUT2D eigenvalue weighted by Crippen LogP contribution is -2.55. The van der Waals surface area contributed by atoms with E-state index in [1.165, 1.54) is 0 Å². The number of benzene rings is 2. The van der Waals surface area contributed by atoms with Gasteiger partial charge in [0.15, 0.2) is 10.9 Å². The molecule has 0 aliphatic carbocycles. The van der Waals surface area contributed by atoms with Gasteiger partial charge in [0.2, 0.25) is 0 Å². The monoisotopic (exact) mass is 994 g/mol. The summed E-state index contributed by atoms with van der Waals surface area (Å²) in [5.41, 5.74) is 7.46. The first-order valence-electron chi connectivity index (χ1n) is 24.0. The fourth-order valence-electron chi connectivity index (χ4n) is 9.65. The van der Waals surface area contributed by atoms with Gasteiger partial charge in [-0.05, 0) is 92.2 Å². The number of aromatic nitrogens is 6. The van der Waals surface area contributed by atoms with E-state index in [1.807, 2.05) is 103 Å². The molecule has 2 unspecified atom stereocenters. The Morgan fingerprint density at radius 2 is 1.21 bits per heavy atom. The Morgan fingerprint density at radius 1 is 0.658 bits per heavy atom. The van der Waals surface area contributed by atoms with E-state index in [0.29, 0.717) is 58.5 Å². The maximum Gasteiger partial charge on any atom is 0.266 e. The third-order valence-corrected chi connectivity index (χ3v) is 13.0. The number of fused-ring (bicyclic) bond motifs is 2. The number of aryl methyl sites for hydroxylation is 4. The maximum atomic E-state index is 15.1. The Bertz CT molecular complexity index is 3280. The quantitative estimate of drug-likeness (QED) is 0.0986. The van der Waals surface area contributed by atoms with Crippen LogP contribution in [0.1, 0.15) is 51.3 Å². The van der Waals surface area contributed by atoms with Gasteiger partial charge in [0.05, 0.1) is 47.9 Å². The summed E-state index contributed by atoms with van der Waals surface area (Å²) in [6.45, 7) is 4.89. The summed E-state index contributed by atoms with van der Waals surface area (Å²) >= 11 is 0. The molecule has 6 aromatic heterocycles. The van der Waals surface area contributed by atoms with Crippen molar-refractivity contribution in [3.63, 3.8) is 0 Å². The van der Waals surface area contributed by atoms with E-state index in [1.54, 1.807) is 95.6 Å². The minimum atomic E-state index is -2.88. The van der Waals surface area contributed by atoms with E-state index >= 15 is 8.78 Å². The van der Waals surface area contributed by atoms with Gasteiger partial charge in [-0.2, -0.15) is 0 Å². The smallest absolute Gasteiger partial charge is 0.266 e. The normalized spacial score (nSPS) is 17.1. The van der Waals surface area contributed by atoms with E-state index in [4.69, 9.17) is 0 Å². The molecule has 13 nitrogen and oxygen atoms in total. The van der Waals surface area contributed by atoms with Crippen molar-refractivity contribution in [2.75, 3.05) is 36.0 Å². The number of rotatable bonds is 11. The molecule has 0 bridgehead atoms. The fourth-order valence-corrected chi connectivity index (χ4v) is 9.65. The zero-order valence-electron chi connectivity index (χ0n) is 41.2. The van der Waals surface area contributed by atoms with Crippen LogP contribution in [-0.4, -0.2) is 90.4 Å². The molecule has 2 aromatic carbocycles. The van der Waals surface area contributed by atoms with E-state index in [0.717, 1.165) is 34.3 Å². The lowest BCUT2D eigenvalue weighted by atomic mass is 9.98. The van der Waals surface area contributed by atoms with Crippen molar-refractivity contribution in [3.05, 3.63) is 201 Å². The number of halogens is 4. The second-order valence-corrected chi connectivity index (χ2v) is 18.8. The van der Waals surface area contributed by atoms with E-state index in [-0.39, 0.29) is 49.9 Å². The topological polar surface area (TPSA) is 134 Å². The fraction of sp³-hybridized carbons (Fsp3) is 0.304. The van der Waals surface area contributed by atoms with Crippen LogP contribution in [0.5, 0.6) is 0 Å². The molecule has 17 heteroatoms. The molecule has 0 radical (unpaired) electrons. The standard InChI is InChI=1S/C28H29F2N5O.C21H22F2N4O.C7H7NO/c1-20-12-21(9-11-32-20)15-34(17-22-16-33(2)26-8-4-3-7-25(26)27(22)36)24-13-28(29,30)19-35(18-24)23-6-5-10-31-14-23;1-26-12-15(20(28)18-6-2-3-7-19(18)26)10-25-16-9-21(22,23)14-27(13-16)17-5-4-8-24-11-17;1-6-4-7(5-9)2-3-8-6/h3-12,14,16,24H,13,15,17-19H2,1-2H3;2-8,11-12,16,25H,9-10,13-14H2,1H3;2-5H,1H3. The van der Waals surface area contributed by atoms with Crippen LogP contribution in [0.2, 0.25) is 0 Å². The number of para-hydroxylation sites is 2. The Hall–Kier alpha value is -7.63. The maximum absolute atomic E-state index is 15.1. The van der Waals surface area contributed by atoms with Crippen LogP contribution >= 0.6 is 0 Å². The van der Waals surface area contributed by atoms with E-state index in [9.17, 15) is 23.2 Å². The molecule has 0 amide bonds. The first-order valence-corrected chi connectivity index (χ1v) is 24.0. The highest BCUT2D eigenvalue weighted by Gasteiger charge is 2.43. The number of nitrogens with zero attached hydrogens (tertiary/aromatic N) is 9. The molecule has 73 heavy (non-hydrogen) atoms. The molecule has 8 heterocycles. The van der Waals surface area contributed by atoms with Crippen LogP contribution in [0.25, 0.3) is 21.8 Å². The molecule has 2 saturated heterocycles. The predicted molar refractivity (Wildman–Crippen MR) is 277 cm³/mol. The lowest BCUT2D eigenvalue weighted by molar-refractivity contribution is -0.0441. The van der Waals surface area contributed by atoms with Gasteiger partial charge in [-0.25, -0.2) is 17.6 Å². The van der Waals surface area contributed by atoms with Gasteiger partial charge in [-0.1, -0.05) is 24.3 Å². The van der Waals surface area contributed by atoms with Crippen LogP contribution in [-0.2, 0) is 33.7 Å². The van der Waals surface area contributed by atoms with Crippen molar-refractivity contribution in [1.82, 2.24) is 39.3 Å². The minimum Gasteiger partial charge on any atom is -0.363 e. The number of anilines is 2. The first-order chi connectivity index (χ1) is 35.0. The van der Waals surface area contributed by atoms with Gasteiger partial charge >= 0.3 is 0 Å². The molecule has 0 spiro atoms. The Balaban J connectivity index is 0.000000170. The number of nitrogens with one attached hydrogen (secondary N) is 1. The van der Waals surface area contributed by atoms with Crippen molar-refractivity contribution in [1.29, 1.82) is 0 Å². The van der Waals surface area contributed by atoms with Crippen LogP contribution in [0, 0.1) is 13.8 Å². The minimum absolute atomic E-state index is 0.0621. The highest BCUT2D eigenvalue weighted by Crippen LogP contribution is 2.34. The number of hydrogen-bond donors (Lipinski definition) is 1. The Morgan fingerprint density at radius 3 is 1.77 bits per heavy atom. The summed E-state index contributed by atoms with van der Waals surface area (Å²) in [7, 11) is 3.78. The number of alkyl halides is 4. The van der Waals surface area contributed by atoms with Crippen LogP contribution in [0.15, 0.2) is 156 Å². The number of aldehydes is 1. The zero-order chi connectivity index (χ0) is 51.7. The summed E-state index contributed by atoms with van der Waals surface area (Å²) in [5.74, 6) is -5.68. The van der Waals surface area contributed by atoms with Crippen molar-refractivity contribution in [2.45, 2.75) is 70.3 Å². The zero-order valence-corrected chi connectivity index (χ0v) is 41.2. The number of pyridine rings is 6. The predicted octanol–water partition coefficient (Wildman–Crippen LogP) is 8.69. The van der Waals surface area contributed by atoms with Crippen molar-refractivity contribution < 1.29 is 22.4 Å². The molecule has 2 atom stereocenters. The molecule has 0 saturated carbocycles. The molecular formula is C56H58F4N10O3. The second kappa shape index (κ2) is 22.8. The molecule has 10 rings (SSSR count). The van der Waals surface area contributed by atoms with E-state index in [2.05, 4.69) is 25.3 Å². The molecule has 8 aromatic rings. The number of carbonyl (C=O) groups is 1. The van der Waals surface area contributed by atoms with Crippen molar-refractivity contribution >= 4 is 39.5 Å². The summed E-state index contributed by atoms with van der Waals surface area (Å²) in [4.78, 5) is 58.0. The van der Waals surface area contributed by atoms with Crippen molar-refractivity contribution in [2.24, 2.45) is 14.1 Å². The summed E-state index contributed by atoms with van der Waals surface area (Å²) in [6.07, 6.45) is 13.7. The molecule has 2 fully saturated rings. The average Bonchev–Trinajstić information content (AvgIpc) is 3.38. The highest BCUT2D eigenvalue weighted by atomic mass is 19.3. The SMILES string of the molecule is Cc1cc(C=O)ccn1.Cc1cc(CN(Cc2cn(C)c3ccccc3c2=O)C2CN(c3cccnc3)CC(F)(F)C2)ccn1.Cn1cc(CNC2CN(c3cccnc3)CC(F)(F)C2)c(=O)c2ccccc21. The summed E-state index contributed by atoms with van der Waals surface area (Å²) in [5, 5.41) is 4.43. The highest BCUT2D eigenvalue weighted by molar-refractivity contribution is 5.80. The van der Waals surface area contributed by atoms with Crippen LogP contribution in [0.4, 0.5) is 28.9 Å². The summed E-state index contributed by atoms with van der Waals surface area (Å²) < 4.78 is 62.6. The number of carbonyl (C=O) groups excluding carboxylic acids is 1. The molecule has 1 N–H and O–H groups in total. The average molecular weight is 995 g/mol. The summed E-state index contributed by atoms with van der Waals surface area (Å²) in [6, 6.07) is 28.3. The third-order valence-electron chi connectivity index (χ3n) is 13.0. The lowest BCUT2D eigenvalue weighted by Gasteiger charge is -2.43. The molecule has 2 aliphatic heterocycles. The van der Waals surface area contributed by atoms with Crippen LogP contribution in [0.3, 0.4) is 0 Å². The van der Waals surface area contributed by atoms with Gasteiger partial charge < -0.3 is 24.3 Å². The second-order valence-electron chi connectivity index (χ2n) is 18.8. The Kier molecular flexibility index (Phi) is 16.2. The molecule has 378 valence electrons. The number of hydrogen-bond acceptors (Lipinski definition) is 11. The largest absolute Gasteiger partial charge is 0.363 e. The van der Waals surface area contributed by atoms with Gasteiger partial charge in [-0.3, -0.25) is 39.2 Å². The molecular weight excluding hydrogens is 937 g/mol. The first kappa shape index (κ1) is 51.7. The third kappa shape index (κ3) is 13.3.